The first kappa shape index (κ1) is 18.6. The number of aromatic amines is 1. The molecule has 0 radical (unpaired) electrons. The summed E-state index contributed by atoms with van der Waals surface area (Å²) in [5.41, 5.74) is 2.46. The average Bonchev–Trinajstić information content (AvgIpc) is 3.20. The number of likely N-dealkylation sites (tertiary alicyclic amines) is 1. The summed E-state index contributed by atoms with van der Waals surface area (Å²) in [6.07, 6.45) is 0. The van der Waals surface area contributed by atoms with Gasteiger partial charge in [0.1, 0.15) is 0 Å². The molecule has 2 aliphatic rings. The highest BCUT2D eigenvalue weighted by Crippen LogP contribution is 2.41. The number of fused-ring (bicyclic) bond motifs is 2. The van der Waals surface area contributed by atoms with E-state index in [1.165, 1.54) is 4.52 Å². The van der Waals surface area contributed by atoms with Crippen LogP contribution in [0.2, 0.25) is 0 Å². The van der Waals surface area contributed by atoms with Crippen molar-refractivity contribution in [1.82, 2.24) is 19.5 Å². The smallest absolute Gasteiger partial charge is 0.290 e. The quantitative estimate of drug-likeness (QED) is 0.742. The van der Waals surface area contributed by atoms with E-state index in [0.29, 0.717) is 18.1 Å². The van der Waals surface area contributed by atoms with Crippen molar-refractivity contribution in [3.8, 4) is 0 Å². The summed E-state index contributed by atoms with van der Waals surface area (Å²) < 4.78 is 12.6. The van der Waals surface area contributed by atoms with Crippen LogP contribution in [0.15, 0.2) is 16.9 Å². The topological polar surface area (TPSA) is 109 Å². The number of ether oxygens (including phenoxy) is 2. The lowest BCUT2D eigenvalue weighted by Crippen LogP contribution is -2.35. The Bertz CT molecular complexity index is 832. The van der Waals surface area contributed by atoms with Crippen LogP contribution in [0.4, 0.5) is 0 Å². The third-order valence-corrected chi connectivity index (χ3v) is 5.04. The molecule has 0 aliphatic carbocycles. The van der Waals surface area contributed by atoms with Gasteiger partial charge in [0.25, 0.3) is 12.0 Å². The van der Waals surface area contributed by atoms with Crippen molar-refractivity contribution in [1.29, 1.82) is 0 Å². The van der Waals surface area contributed by atoms with Gasteiger partial charge in [-0.15, -0.1) is 0 Å². The number of H-pyrrole nitrogens is 1. The molecule has 4 rings (SSSR count). The normalized spacial score (nSPS) is 25.1. The number of rotatable bonds is 4. The summed E-state index contributed by atoms with van der Waals surface area (Å²) in [4.78, 5) is 27.5. The van der Waals surface area contributed by atoms with Crippen LogP contribution in [-0.4, -0.2) is 71.1 Å². The van der Waals surface area contributed by atoms with Crippen LogP contribution < -0.4 is 5.56 Å². The van der Waals surface area contributed by atoms with Crippen LogP contribution in [0.5, 0.6) is 0 Å². The SMILES string of the molecule is COC[C@@]12COC[C@@H]1CN(Cc1cc(=O)n3[nH]c(C)cc3n1)C2.O=CO. The maximum Gasteiger partial charge on any atom is 0.290 e. The lowest BCUT2D eigenvalue weighted by molar-refractivity contribution is -0.122. The Morgan fingerprint density at radius 2 is 2.31 bits per heavy atom. The van der Waals surface area contributed by atoms with Crippen molar-refractivity contribution < 1.29 is 19.4 Å². The Hall–Kier alpha value is -2.23. The number of methoxy groups -OCH3 is 1. The fourth-order valence-electron chi connectivity index (χ4n) is 4.03. The fourth-order valence-corrected chi connectivity index (χ4v) is 4.03. The molecule has 2 fully saturated rings. The van der Waals surface area contributed by atoms with Crippen LogP contribution in [0, 0.1) is 18.3 Å². The number of nitrogens with zero attached hydrogens (tertiary/aromatic N) is 3. The third kappa shape index (κ3) is 3.50. The molecule has 0 amide bonds. The van der Waals surface area contributed by atoms with E-state index < -0.39 is 0 Å². The van der Waals surface area contributed by atoms with Gasteiger partial charge in [0.05, 0.1) is 25.5 Å². The summed E-state index contributed by atoms with van der Waals surface area (Å²) >= 11 is 0. The van der Waals surface area contributed by atoms with Crippen LogP contribution in [0.1, 0.15) is 11.4 Å². The number of nitrogens with one attached hydrogen (secondary N) is 1. The molecule has 0 saturated carbocycles. The minimum Gasteiger partial charge on any atom is -0.483 e. The molecule has 0 aromatic carbocycles. The van der Waals surface area contributed by atoms with Gasteiger partial charge in [-0.05, 0) is 6.92 Å². The van der Waals surface area contributed by atoms with Gasteiger partial charge >= 0.3 is 0 Å². The molecule has 26 heavy (non-hydrogen) atoms. The largest absolute Gasteiger partial charge is 0.483 e. The average molecular weight is 364 g/mol. The summed E-state index contributed by atoms with van der Waals surface area (Å²) in [5, 5.41) is 9.89. The van der Waals surface area contributed by atoms with Gasteiger partial charge < -0.3 is 14.6 Å². The van der Waals surface area contributed by atoms with Crippen molar-refractivity contribution >= 4 is 12.1 Å². The molecule has 2 aromatic heterocycles. The first-order chi connectivity index (χ1) is 12.5. The van der Waals surface area contributed by atoms with Crippen LogP contribution in [-0.2, 0) is 20.8 Å². The molecular formula is C17H24N4O5. The first-order valence-electron chi connectivity index (χ1n) is 8.46. The van der Waals surface area contributed by atoms with E-state index >= 15 is 0 Å². The van der Waals surface area contributed by atoms with Crippen LogP contribution in [0.3, 0.4) is 0 Å². The number of aromatic nitrogens is 3. The molecule has 2 atom stereocenters. The van der Waals surface area contributed by atoms with Crippen LogP contribution >= 0.6 is 0 Å². The number of carboxylic acid groups (broad SMARTS) is 1. The molecule has 9 nitrogen and oxygen atoms in total. The van der Waals surface area contributed by atoms with E-state index in [4.69, 9.17) is 19.4 Å². The summed E-state index contributed by atoms with van der Waals surface area (Å²) in [6.45, 7) is 6.54. The first-order valence-corrected chi connectivity index (χ1v) is 8.46. The molecule has 0 unspecified atom stereocenters. The summed E-state index contributed by atoms with van der Waals surface area (Å²) in [5.74, 6) is 0.502. The zero-order valence-electron chi connectivity index (χ0n) is 15.0. The van der Waals surface area contributed by atoms with Gasteiger partial charge in [-0.3, -0.25) is 19.6 Å². The zero-order valence-corrected chi connectivity index (χ0v) is 15.0. The van der Waals surface area contributed by atoms with Gasteiger partial charge in [0.15, 0.2) is 5.65 Å². The van der Waals surface area contributed by atoms with E-state index in [0.717, 1.165) is 44.3 Å². The fraction of sp³-hybridized carbons (Fsp3) is 0.588. The van der Waals surface area contributed by atoms with Crippen molar-refractivity contribution in [2.45, 2.75) is 13.5 Å². The molecule has 2 saturated heterocycles. The Morgan fingerprint density at radius 3 is 3.04 bits per heavy atom. The Kier molecular flexibility index (Phi) is 5.40. The number of hydrogen-bond acceptors (Lipinski definition) is 6. The van der Waals surface area contributed by atoms with Crippen LogP contribution in [0.25, 0.3) is 5.65 Å². The number of aryl methyl sites for hydroxylation is 1. The minimum atomic E-state index is -0.250. The summed E-state index contributed by atoms with van der Waals surface area (Å²) in [6, 6.07) is 3.51. The molecule has 0 spiro atoms. The molecule has 2 N–H and O–H groups in total. The number of carbonyl (C=O) groups is 1. The molecule has 2 aromatic rings. The van der Waals surface area contributed by atoms with E-state index in [9.17, 15) is 4.79 Å². The molecule has 4 heterocycles. The molecule has 9 heteroatoms. The zero-order chi connectivity index (χ0) is 18.7. The van der Waals surface area contributed by atoms with Gasteiger partial charge in [-0.25, -0.2) is 9.50 Å². The van der Waals surface area contributed by atoms with Crippen molar-refractivity contribution in [3.63, 3.8) is 0 Å². The lowest BCUT2D eigenvalue weighted by Gasteiger charge is -2.26. The number of hydrogen-bond donors (Lipinski definition) is 2. The van der Waals surface area contributed by atoms with E-state index in [1.807, 2.05) is 13.0 Å². The monoisotopic (exact) mass is 364 g/mol. The van der Waals surface area contributed by atoms with E-state index in [1.54, 1.807) is 13.2 Å². The maximum absolute atomic E-state index is 12.2. The van der Waals surface area contributed by atoms with Crippen molar-refractivity contribution in [2.24, 2.45) is 11.3 Å². The molecule has 0 bridgehead atoms. The molecule has 142 valence electrons. The highest BCUT2D eigenvalue weighted by molar-refractivity contribution is 5.39. The maximum atomic E-state index is 12.2. The van der Waals surface area contributed by atoms with Gasteiger partial charge in [0.2, 0.25) is 0 Å². The Balaban J connectivity index is 0.000000613. The standard InChI is InChI=1S/C16H22N4O3.CH2O2/c1-11-3-14-17-13(4-15(21)20(14)18-11)6-19-5-12-7-23-10-16(12,8-19)9-22-2;2-1-3/h3-4,12,18H,5-10H2,1-2H3;1H,(H,2,3)/t12-,16-;/m0./s1. The highest BCUT2D eigenvalue weighted by atomic mass is 16.5. The van der Waals surface area contributed by atoms with Gasteiger partial charge in [0, 0.05) is 55.9 Å². The van der Waals surface area contributed by atoms with Gasteiger partial charge in [-0.1, -0.05) is 0 Å². The van der Waals surface area contributed by atoms with E-state index in [-0.39, 0.29) is 17.4 Å². The second-order valence-corrected chi connectivity index (χ2v) is 7.00. The second kappa shape index (κ2) is 7.56. The van der Waals surface area contributed by atoms with Crippen molar-refractivity contribution in [3.05, 3.63) is 33.9 Å². The highest BCUT2D eigenvalue weighted by Gasteiger charge is 2.50. The second-order valence-electron chi connectivity index (χ2n) is 7.00. The Labute approximate surface area is 150 Å². The van der Waals surface area contributed by atoms with Crippen molar-refractivity contribution in [2.75, 3.05) is 40.0 Å². The minimum absolute atomic E-state index is 0.0626. The van der Waals surface area contributed by atoms with Gasteiger partial charge in [-0.2, -0.15) is 0 Å². The lowest BCUT2D eigenvalue weighted by atomic mass is 9.82. The molecular weight excluding hydrogens is 340 g/mol. The predicted octanol–water partition coefficient (Wildman–Crippen LogP) is 0.127. The Morgan fingerprint density at radius 1 is 1.54 bits per heavy atom. The molecule has 2 aliphatic heterocycles. The predicted molar refractivity (Wildman–Crippen MR) is 93.1 cm³/mol. The third-order valence-electron chi connectivity index (χ3n) is 5.04. The van der Waals surface area contributed by atoms with E-state index in [2.05, 4.69) is 15.0 Å². The summed E-state index contributed by atoms with van der Waals surface area (Å²) in [7, 11) is 1.75.